The van der Waals surface area contributed by atoms with Crippen LogP contribution in [0.25, 0.3) is 22.1 Å². The molecule has 8 nitrogen and oxygen atoms in total. The number of fused-ring (bicyclic) bond motifs is 3. The first-order valence-electron chi connectivity index (χ1n) is 9.46. The molecule has 4 heterocycles. The lowest BCUT2D eigenvalue weighted by atomic mass is 10.2. The Morgan fingerprint density at radius 3 is 2.71 bits per heavy atom. The largest absolute Gasteiger partial charge is 0.450 e. The van der Waals surface area contributed by atoms with Crippen LogP contribution < -0.4 is 10.2 Å². The maximum Gasteiger partial charge on any atom is 0.289 e. The molecule has 0 saturated carbocycles. The highest BCUT2D eigenvalue weighted by molar-refractivity contribution is 7.91. The third kappa shape index (κ3) is 2.99. The molecule has 2 fully saturated rings. The number of nitrogens with one attached hydrogen (secondary N) is 1. The average molecular weight is 400 g/mol. The van der Waals surface area contributed by atoms with Crippen molar-refractivity contribution in [2.75, 3.05) is 29.5 Å². The molecule has 2 aliphatic heterocycles. The van der Waals surface area contributed by atoms with Gasteiger partial charge in [-0.1, -0.05) is 12.1 Å². The number of hydrogen-bond donors (Lipinski definition) is 1. The molecule has 1 unspecified atom stereocenters. The summed E-state index contributed by atoms with van der Waals surface area (Å²) in [5, 5.41) is 3.61. The van der Waals surface area contributed by atoms with Gasteiger partial charge in [-0.15, -0.1) is 0 Å². The van der Waals surface area contributed by atoms with E-state index < -0.39 is 21.8 Å². The number of rotatable bonds is 3. The Hall–Kier alpha value is -2.68. The number of benzene rings is 1. The third-order valence-corrected chi connectivity index (χ3v) is 7.15. The smallest absolute Gasteiger partial charge is 0.289 e. The van der Waals surface area contributed by atoms with Crippen LogP contribution in [0.15, 0.2) is 28.7 Å². The molecule has 1 N–H and O–H groups in total. The second-order valence-electron chi connectivity index (χ2n) is 7.41. The Morgan fingerprint density at radius 1 is 1.18 bits per heavy atom. The normalized spacial score (nSPS) is 21.6. The Bertz CT molecular complexity index is 1180. The molecule has 3 aromatic rings. The number of aromatic nitrogens is 2. The number of para-hydroxylation sites is 1. The summed E-state index contributed by atoms with van der Waals surface area (Å²) < 4.78 is 29.4. The molecule has 146 valence electrons. The number of sulfone groups is 1. The molecule has 2 aliphatic rings. The Kier molecular flexibility index (Phi) is 4.01. The fraction of sp³-hybridized carbons (Fsp3) is 0.421. The van der Waals surface area contributed by atoms with Crippen LogP contribution >= 0.6 is 0 Å². The van der Waals surface area contributed by atoms with E-state index >= 15 is 0 Å². The molecule has 0 radical (unpaired) electrons. The zero-order valence-corrected chi connectivity index (χ0v) is 16.0. The highest BCUT2D eigenvalue weighted by atomic mass is 32.2. The van der Waals surface area contributed by atoms with Crippen LogP contribution in [-0.4, -0.2) is 54.9 Å². The van der Waals surface area contributed by atoms with Crippen molar-refractivity contribution in [1.82, 2.24) is 15.3 Å². The second-order valence-corrected chi connectivity index (χ2v) is 9.64. The van der Waals surface area contributed by atoms with E-state index in [1.54, 1.807) is 0 Å². The average Bonchev–Trinajstić information content (AvgIpc) is 3.39. The molecule has 0 spiro atoms. The highest BCUT2D eigenvalue weighted by Crippen LogP contribution is 2.34. The van der Waals surface area contributed by atoms with Crippen LogP contribution in [0.4, 0.5) is 5.82 Å². The molecule has 2 aromatic heterocycles. The SMILES string of the molecule is O=C(NC1CCS(=O)(=O)C1)c1nc(N2CCCC2)c2oc3ccccc3c2n1. The van der Waals surface area contributed by atoms with Crippen LogP contribution in [0.2, 0.25) is 0 Å². The monoisotopic (exact) mass is 400 g/mol. The van der Waals surface area contributed by atoms with E-state index in [0.29, 0.717) is 28.9 Å². The lowest BCUT2D eigenvalue weighted by Gasteiger charge is -2.17. The molecule has 1 aromatic carbocycles. The molecule has 28 heavy (non-hydrogen) atoms. The number of amides is 1. The Balaban J connectivity index is 1.58. The molecular formula is C19H20N4O4S. The summed E-state index contributed by atoms with van der Waals surface area (Å²) in [6.45, 7) is 1.70. The number of furan rings is 1. The molecule has 1 amide bonds. The molecule has 0 aliphatic carbocycles. The Labute approximate surface area is 161 Å². The van der Waals surface area contributed by atoms with E-state index in [-0.39, 0.29) is 17.3 Å². The topological polar surface area (TPSA) is 105 Å². The number of hydrogen-bond acceptors (Lipinski definition) is 7. The van der Waals surface area contributed by atoms with Crippen molar-refractivity contribution in [1.29, 1.82) is 0 Å². The van der Waals surface area contributed by atoms with E-state index in [1.165, 1.54) is 0 Å². The number of carbonyl (C=O) groups is 1. The molecule has 9 heteroatoms. The first-order valence-corrected chi connectivity index (χ1v) is 11.3. The first-order chi connectivity index (χ1) is 13.5. The number of anilines is 1. The summed E-state index contributed by atoms with van der Waals surface area (Å²) in [5.74, 6) is 0.292. The standard InChI is InChI=1S/C19H20N4O4S/c24-19(20-12-7-10-28(25,26)11-12)17-21-15-13-5-1-2-6-14(13)27-16(15)18(22-17)23-8-3-4-9-23/h1-2,5-6,12H,3-4,7-11H2,(H,20,24). The van der Waals surface area contributed by atoms with Gasteiger partial charge in [-0.25, -0.2) is 18.4 Å². The first kappa shape index (κ1) is 17.4. The van der Waals surface area contributed by atoms with Gasteiger partial charge < -0.3 is 14.6 Å². The van der Waals surface area contributed by atoms with Crippen LogP contribution in [0.1, 0.15) is 29.9 Å². The van der Waals surface area contributed by atoms with Gasteiger partial charge in [-0.2, -0.15) is 0 Å². The van der Waals surface area contributed by atoms with Gasteiger partial charge in [-0.3, -0.25) is 4.79 Å². The minimum absolute atomic E-state index is 0.0331. The van der Waals surface area contributed by atoms with Gasteiger partial charge in [0, 0.05) is 24.5 Å². The Morgan fingerprint density at radius 2 is 1.96 bits per heavy atom. The summed E-state index contributed by atoms with van der Waals surface area (Å²) in [5.41, 5.74) is 1.89. The maximum atomic E-state index is 12.8. The van der Waals surface area contributed by atoms with Gasteiger partial charge in [0.15, 0.2) is 21.2 Å². The number of nitrogens with zero attached hydrogens (tertiary/aromatic N) is 3. The van der Waals surface area contributed by atoms with E-state index in [2.05, 4.69) is 20.2 Å². The molecular weight excluding hydrogens is 380 g/mol. The predicted molar refractivity (Wildman–Crippen MR) is 105 cm³/mol. The van der Waals surface area contributed by atoms with Crippen molar-refractivity contribution >= 4 is 43.6 Å². The van der Waals surface area contributed by atoms with Crippen LogP contribution in [-0.2, 0) is 9.84 Å². The predicted octanol–water partition coefficient (Wildman–Crippen LogP) is 1.89. The summed E-state index contributed by atoms with van der Waals surface area (Å²) in [6.07, 6.45) is 2.55. The van der Waals surface area contributed by atoms with Gasteiger partial charge in [0.25, 0.3) is 5.91 Å². The van der Waals surface area contributed by atoms with Crippen molar-refractivity contribution in [3.63, 3.8) is 0 Å². The third-order valence-electron chi connectivity index (χ3n) is 5.38. The quantitative estimate of drug-likeness (QED) is 0.716. The van der Waals surface area contributed by atoms with E-state index in [9.17, 15) is 13.2 Å². The van der Waals surface area contributed by atoms with Crippen LogP contribution in [0, 0.1) is 0 Å². The molecule has 2 saturated heterocycles. The van der Waals surface area contributed by atoms with Crippen molar-refractivity contribution in [3.05, 3.63) is 30.1 Å². The van der Waals surface area contributed by atoms with E-state index in [4.69, 9.17) is 4.42 Å². The summed E-state index contributed by atoms with van der Waals surface area (Å²) >= 11 is 0. The van der Waals surface area contributed by atoms with Crippen molar-refractivity contribution in [2.24, 2.45) is 0 Å². The highest BCUT2D eigenvalue weighted by Gasteiger charge is 2.31. The van der Waals surface area contributed by atoms with Gasteiger partial charge >= 0.3 is 0 Å². The van der Waals surface area contributed by atoms with E-state index in [0.717, 1.165) is 31.3 Å². The van der Waals surface area contributed by atoms with Gasteiger partial charge in [0.1, 0.15) is 11.1 Å². The zero-order valence-electron chi connectivity index (χ0n) is 15.2. The lowest BCUT2D eigenvalue weighted by molar-refractivity contribution is 0.0931. The minimum Gasteiger partial charge on any atom is -0.450 e. The van der Waals surface area contributed by atoms with Crippen LogP contribution in [0.3, 0.4) is 0 Å². The van der Waals surface area contributed by atoms with E-state index in [1.807, 2.05) is 24.3 Å². The van der Waals surface area contributed by atoms with Gasteiger partial charge in [0.2, 0.25) is 5.82 Å². The summed E-state index contributed by atoms with van der Waals surface area (Å²) in [6, 6.07) is 7.18. The zero-order chi connectivity index (χ0) is 19.3. The van der Waals surface area contributed by atoms with Crippen molar-refractivity contribution < 1.29 is 17.6 Å². The van der Waals surface area contributed by atoms with Crippen molar-refractivity contribution in [2.45, 2.75) is 25.3 Å². The maximum absolute atomic E-state index is 12.8. The molecule has 0 bridgehead atoms. The fourth-order valence-corrected chi connectivity index (χ4v) is 5.65. The lowest BCUT2D eigenvalue weighted by Crippen LogP contribution is -2.36. The van der Waals surface area contributed by atoms with Crippen LogP contribution in [0.5, 0.6) is 0 Å². The minimum atomic E-state index is -3.08. The molecule has 5 rings (SSSR count). The fourth-order valence-electron chi connectivity index (χ4n) is 3.98. The molecule has 1 atom stereocenters. The summed E-state index contributed by atoms with van der Waals surface area (Å²) in [4.78, 5) is 23.9. The van der Waals surface area contributed by atoms with Gasteiger partial charge in [0.05, 0.1) is 11.5 Å². The van der Waals surface area contributed by atoms with Gasteiger partial charge in [-0.05, 0) is 31.4 Å². The number of carbonyl (C=O) groups excluding carboxylic acids is 1. The second kappa shape index (κ2) is 6.44. The summed E-state index contributed by atoms with van der Waals surface area (Å²) in [7, 11) is -3.08. The van der Waals surface area contributed by atoms with Crippen molar-refractivity contribution in [3.8, 4) is 0 Å².